The van der Waals surface area contributed by atoms with Crippen LogP contribution < -0.4 is 0 Å². The topological polar surface area (TPSA) is 65.5 Å². The summed E-state index contributed by atoms with van der Waals surface area (Å²) in [4.78, 5) is 28.8. The Bertz CT molecular complexity index is 602. The molecule has 0 N–H and O–H groups in total. The molecule has 2 rings (SSSR count). The van der Waals surface area contributed by atoms with E-state index < -0.39 is 11.9 Å². The third-order valence-electron chi connectivity index (χ3n) is 2.37. The highest BCUT2D eigenvalue weighted by Gasteiger charge is 2.15. The van der Waals surface area contributed by atoms with Gasteiger partial charge in [0, 0.05) is 0 Å². The van der Waals surface area contributed by atoms with Gasteiger partial charge in [-0.25, -0.2) is 14.6 Å². The molecule has 0 aliphatic carbocycles. The van der Waals surface area contributed by atoms with Crippen LogP contribution in [0.25, 0.3) is 0 Å². The van der Waals surface area contributed by atoms with E-state index in [0.29, 0.717) is 9.75 Å². The van der Waals surface area contributed by atoms with E-state index in [9.17, 15) is 9.59 Å². The number of aryl methyl sites for hydroxylation is 1. The van der Waals surface area contributed by atoms with Crippen molar-refractivity contribution < 1.29 is 19.1 Å². The van der Waals surface area contributed by atoms with Gasteiger partial charge in [0.05, 0.1) is 23.2 Å². The molecule has 0 unspecified atom stereocenters. The molecule has 0 aliphatic heterocycles. The van der Waals surface area contributed by atoms with E-state index in [2.05, 4.69) is 9.72 Å². The molecule has 0 bridgehead atoms. The Morgan fingerprint density at radius 2 is 1.95 bits per heavy atom. The fraction of sp³-hybridized carbons (Fsp3) is 0.250. The first kappa shape index (κ1) is 13.7. The molecule has 5 nitrogen and oxygen atoms in total. The zero-order valence-electron chi connectivity index (χ0n) is 10.3. The van der Waals surface area contributed by atoms with Crippen LogP contribution in [-0.4, -0.2) is 24.0 Å². The lowest BCUT2D eigenvalue weighted by molar-refractivity contribution is 0.0481. The van der Waals surface area contributed by atoms with E-state index in [0.717, 1.165) is 21.9 Å². The third kappa shape index (κ3) is 3.18. The van der Waals surface area contributed by atoms with Gasteiger partial charge in [0.15, 0.2) is 0 Å². The van der Waals surface area contributed by atoms with Crippen molar-refractivity contribution in [1.82, 2.24) is 4.98 Å². The van der Waals surface area contributed by atoms with Crippen LogP contribution in [-0.2, 0) is 16.1 Å². The fourth-order valence-corrected chi connectivity index (χ4v) is 2.83. The van der Waals surface area contributed by atoms with Gasteiger partial charge in [0.2, 0.25) is 0 Å². The van der Waals surface area contributed by atoms with Gasteiger partial charge < -0.3 is 9.47 Å². The second kappa shape index (κ2) is 5.94. The summed E-state index contributed by atoms with van der Waals surface area (Å²) in [5.74, 6) is -0.907. The highest BCUT2D eigenvalue weighted by Crippen LogP contribution is 2.20. The maximum atomic E-state index is 11.8. The molecule has 2 aromatic rings. The van der Waals surface area contributed by atoms with Crippen LogP contribution in [0.4, 0.5) is 0 Å². The van der Waals surface area contributed by atoms with Crippen molar-refractivity contribution >= 4 is 34.6 Å². The molecule has 0 spiro atoms. The summed E-state index contributed by atoms with van der Waals surface area (Å²) in [7, 11) is 1.30. The van der Waals surface area contributed by atoms with Crippen LogP contribution in [0.5, 0.6) is 0 Å². The molecule has 0 saturated carbocycles. The van der Waals surface area contributed by atoms with Crippen LogP contribution in [0.2, 0.25) is 0 Å². The van der Waals surface area contributed by atoms with E-state index in [1.807, 2.05) is 6.92 Å². The summed E-state index contributed by atoms with van der Waals surface area (Å²) in [6.45, 7) is 2.06. The molecule has 0 radical (unpaired) electrons. The normalized spacial score (nSPS) is 10.2. The molecule has 0 saturated heterocycles. The lowest BCUT2D eigenvalue weighted by atomic mass is 10.4. The number of rotatable bonds is 4. The average molecular weight is 297 g/mol. The van der Waals surface area contributed by atoms with Gasteiger partial charge in [0.25, 0.3) is 0 Å². The van der Waals surface area contributed by atoms with Crippen molar-refractivity contribution in [2.45, 2.75) is 13.5 Å². The number of hydrogen-bond acceptors (Lipinski definition) is 7. The molecule has 0 aromatic carbocycles. The number of nitrogens with zero attached hydrogens (tertiary/aromatic N) is 1. The summed E-state index contributed by atoms with van der Waals surface area (Å²) in [6.07, 6.45) is 0. The first-order chi connectivity index (χ1) is 9.11. The van der Waals surface area contributed by atoms with Crippen molar-refractivity contribution in [2.24, 2.45) is 0 Å². The number of methoxy groups -OCH3 is 1. The number of carbonyl (C=O) groups is 2. The third-order valence-corrected chi connectivity index (χ3v) is 4.33. The van der Waals surface area contributed by atoms with E-state index in [1.165, 1.54) is 18.4 Å². The summed E-state index contributed by atoms with van der Waals surface area (Å²) in [5.41, 5.74) is 2.57. The summed E-state index contributed by atoms with van der Waals surface area (Å²) in [6, 6.07) is 3.10. The molecule has 0 fully saturated rings. The van der Waals surface area contributed by atoms with Gasteiger partial charge in [-0.3, -0.25) is 0 Å². The molecule has 0 aliphatic rings. The molecule has 0 atom stereocenters. The Morgan fingerprint density at radius 3 is 2.53 bits per heavy atom. The smallest absolute Gasteiger partial charge is 0.348 e. The number of aromatic nitrogens is 1. The van der Waals surface area contributed by atoms with Gasteiger partial charge in [-0.1, -0.05) is 0 Å². The Kier molecular flexibility index (Phi) is 4.28. The van der Waals surface area contributed by atoms with E-state index in [4.69, 9.17) is 4.74 Å². The molecular weight excluding hydrogens is 286 g/mol. The lowest BCUT2D eigenvalue weighted by Gasteiger charge is -2.01. The molecule has 19 heavy (non-hydrogen) atoms. The molecule has 2 heterocycles. The predicted molar refractivity (Wildman–Crippen MR) is 71.6 cm³/mol. The fourth-order valence-electron chi connectivity index (χ4n) is 1.32. The van der Waals surface area contributed by atoms with Crippen molar-refractivity contribution in [3.63, 3.8) is 0 Å². The first-order valence-corrected chi connectivity index (χ1v) is 7.05. The first-order valence-electron chi connectivity index (χ1n) is 5.36. The molecule has 0 amide bonds. The van der Waals surface area contributed by atoms with Crippen LogP contribution >= 0.6 is 22.7 Å². The van der Waals surface area contributed by atoms with Crippen LogP contribution in [0.15, 0.2) is 17.6 Å². The van der Waals surface area contributed by atoms with Crippen LogP contribution in [0.1, 0.15) is 29.9 Å². The Labute approximate surface area is 117 Å². The Balaban J connectivity index is 1.98. The Hall–Kier alpha value is -1.73. The lowest BCUT2D eigenvalue weighted by Crippen LogP contribution is -2.03. The number of thiophene rings is 1. The standard InChI is InChI=1S/C12H11NO4S2/c1-7-10(18-6-13-7)5-17-12(15)9-4-3-8(19-9)11(14)16-2/h3-4,6H,5H2,1-2H3. The highest BCUT2D eigenvalue weighted by atomic mass is 32.1. The van der Waals surface area contributed by atoms with Crippen molar-refractivity contribution in [1.29, 1.82) is 0 Å². The van der Waals surface area contributed by atoms with E-state index >= 15 is 0 Å². The number of carbonyl (C=O) groups excluding carboxylic acids is 2. The minimum Gasteiger partial charge on any atom is -0.465 e. The summed E-state index contributed by atoms with van der Waals surface area (Å²) >= 11 is 2.50. The highest BCUT2D eigenvalue weighted by molar-refractivity contribution is 7.15. The zero-order chi connectivity index (χ0) is 13.8. The average Bonchev–Trinajstić information content (AvgIpc) is 3.04. The van der Waals surface area contributed by atoms with Crippen molar-refractivity contribution in [3.05, 3.63) is 38.0 Å². The van der Waals surface area contributed by atoms with Crippen LogP contribution in [0.3, 0.4) is 0 Å². The molecular formula is C12H11NO4S2. The Morgan fingerprint density at radius 1 is 1.26 bits per heavy atom. The second-order valence-electron chi connectivity index (χ2n) is 3.59. The van der Waals surface area contributed by atoms with Gasteiger partial charge >= 0.3 is 11.9 Å². The monoisotopic (exact) mass is 297 g/mol. The largest absolute Gasteiger partial charge is 0.465 e. The van der Waals surface area contributed by atoms with Gasteiger partial charge in [0.1, 0.15) is 16.4 Å². The number of thiazole rings is 1. The maximum absolute atomic E-state index is 11.8. The van der Waals surface area contributed by atoms with Gasteiger partial charge in [-0.2, -0.15) is 0 Å². The SMILES string of the molecule is COC(=O)c1ccc(C(=O)OCc2scnc2C)s1. The molecule has 2 aromatic heterocycles. The summed E-state index contributed by atoms with van der Waals surface area (Å²) in [5, 5.41) is 0. The number of ether oxygens (including phenoxy) is 2. The maximum Gasteiger partial charge on any atom is 0.348 e. The van der Waals surface area contributed by atoms with Gasteiger partial charge in [-0.05, 0) is 19.1 Å². The molecule has 100 valence electrons. The molecule has 7 heteroatoms. The van der Waals surface area contributed by atoms with Crippen molar-refractivity contribution in [2.75, 3.05) is 7.11 Å². The number of hydrogen-bond donors (Lipinski definition) is 0. The quantitative estimate of drug-likeness (QED) is 0.812. The zero-order valence-corrected chi connectivity index (χ0v) is 12.0. The minimum atomic E-state index is -0.456. The second-order valence-corrected chi connectivity index (χ2v) is 5.62. The summed E-state index contributed by atoms with van der Waals surface area (Å²) < 4.78 is 9.75. The van der Waals surface area contributed by atoms with E-state index in [-0.39, 0.29) is 6.61 Å². The van der Waals surface area contributed by atoms with Crippen LogP contribution in [0, 0.1) is 6.92 Å². The van der Waals surface area contributed by atoms with E-state index in [1.54, 1.807) is 17.6 Å². The van der Waals surface area contributed by atoms with Crippen molar-refractivity contribution in [3.8, 4) is 0 Å². The minimum absolute atomic E-state index is 0.195. The number of esters is 2. The van der Waals surface area contributed by atoms with Gasteiger partial charge in [-0.15, -0.1) is 22.7 Å². The predicted octanol–water partition coefficient (Wildman–Crippen LogP) is 2.66.